The van der Waals surface area contributed by atoms with Crippen molar-refractivity contribution in [1.29, 1.82) is 0 Å². The predicted molar refractivity (Wildman–Crippen MR) is 153 cm³/mol. The minimum Gasteiger partial charge on any atom is -0.465 e. The monoisotopic (exact) mass is 510 g/mol. The van der Waals surface area contributed by atoms with Crippen molar-refractivity contribution in [1.82, 2.24) is 0 Å². The molecule has 0 fully saturated rings. The molecule has 0 spiro atoms. The van der Waals surface area contributed by atoms with Gasteiger partial charge < -0.3 is 9.47 Å². The van der Waals surface area contributed by atoms with Gasteiger partial charge in [0.05, 0.1) is 13.2 Å². The lowest BCUT2D eigenvalue weighted by Crippen LogP contribution is -2.37. The molecule has 4 heteroatoms. The van der Waals surface area contributed by atoms with Gasteiger partial charge in [-0.2, -0.15) is 0 Å². The fourth-order valence-electron chi connectivity index (χ4n) is 4.48. The number of unbranched alkanes of at least 4 members (excludes halogenated alkanes) is 21. The summed E-state index contributed by atoms with van der Waals surface area (Å²) >= 11 is 0. The lowest BCUT2D eigenvalue weighted by atomic mass is 9.94. The molecule has 0 unspecified atom stereocenters. The van der Waals surface area contributed by atoms with E-state index in [9.17, 15) is 9.59 Å². The van der Waals surface area contributed by atoms with Gasteiger partial charge in [0.1, 0.15) is 0 Å². The smallest absolute Gasteiger partial charge is 0.322 e. The fourth-order valence-corrected chi connectivity index (χ4v) is 4.48. The molecule has 0 aromatic rings. The van der Waals surface area contributed by atoms with Crippen LogP contribution in [0.15, 0.2) is 0 Å². The third kappa shape index (κ3) is 21.1. The van der Waals surface area contributed by atoms with Crippen molar-refractivity contribution in [2.24, 2.45) is 5.41 Å². The van der Waals surface area contributed by atoms with Crippen LogP contribution in [-0.4, -0.2) is 25.2 Å². The lowest BCUT2D eigenvalue weighted by molar-refractivity contribution is -0.170. The third-order valence-electron chi connectivity index (χ3n) is 7.23. The first-order chi connectivity index (χ1) is 17.5. The third-order valence-corrected chi connectivity index (χ3v) is 7.23. The van der Waals surface area contributed by atoms with Crippen LogP contribution >= 0.6 is 0 Å². The van der Waals surface area contributed by atoms with E-state index in [1.54, 1.807) is 13.8 Å². The van der Waals surface area contributed by atoms with E-state index in [-0.39, 0.29) is 0 Å². The molecule has 0 aromatic carbocycles. The number of rotatable bonds is 27. The quantitative estimate of drug-likeness (QED) is 0.0626. The number of ether oxygens (including phenoxy) is 2. The summed E-state index contributed by atoms with van der Waals surface area (Å²) in [5, 5.41) is 0. The molecule has 0 aromatic heterocycles. The number of hydrogen-bond acceptors (Lipinski definition) is 4. The van der Waals surface area contributed by atoms with Gasteiger partial charge >= 0.3 is 11.9 Å². The summed E-state index contributed by atoms with van der Waals surface area (Å²) in [5.74, 6) is -0.928. The van der Waals surface area contributed by atoms with E-state index in [4.69, 9.17) is 9.47 Å². The largest absolute Gasteiger partial charge is 0.465 e. The molecule has 0 atom stereocenters. The van der Waals surface area contributed by atoms with Crippen LogP contribution in [0.2, 0.25) is 0 Å². The molecule has 0 bridgehead atoms. The SMILES string of the molecule is CCCCCCCCCCCCCCCCOC(=O)C(C)(C)C(=O)OCCCCCCCCCCC. The van der Waals surface area contributed by atoms with Crippen molar-refractivity contribution in [3.8, 4) is 0 Å². The highest BCUT2D eigenvalue weighted by Gasteiger charge is 2.39. The first-order valence-corrected chi connectivity index (χ1v) is 15.8. The molecule has 0 heterocycles. The minimum absolute atomic E-state index is 0.393. The molecule has 0 amide bonds. The fraction of sp³-hybridized carbons (Fsp3) is 0.938. The molecule has 214 valence electrons. The molecule has 0 aliphatic carbocycles. The van der Waals surface area contributed by atoms with Gasteiger partial charge in [-0.25, -0.2) is 0 Å². The number of hydrogen-bond donors (Lipinski definition) is 0. The summed E-state index contributed by atoms with van der Waals surface area (Å²) in [6.45, 7) is 8.52. The normalized spacial score (nSPS) is 11.6. The van der Waals surface area contributed by atoms with Gasteiger partial charge in [0.15, 0.2) is 5.41 Å². The Balaban J connectivity index is 3.59. The Bertz CT molecular complexity index is 500. The Hall–Kier alpha value is -1.06. The number of esters is 2. The predicted octanol–water partition coefficient (Wildman–Crippen LogP) is 10.1. The van der Waals surface area contributed by atoms with Gasteiger partial charge in [-0.3, -0.25) is 9.59 Å². The highest BCUT2D eigenvalue weighted by Crippen LogP contribution is 2.21. The zero-order valence-electron chi connectivity index (χ0n) is 24.8. The van der Waals surface area contributed by atoms with E-state index in [2.05, 4.69) is 13.8 Å². The van der Waals surface area contributed by atoms with Gasteiger partial charge in [0.25, 0.3) is 0 Å². The molecule has 4 nitrogen and oxygen atoms in total. The summed E-state index contributed by atoms with van der Waals surface area (Å²) in [7, 11) is 0. The average molecular weight is 511 g/mol. The Kier molecular flexibility index (Phi) is 24.8. The van der Waals surface area contributed by atoms with Crippen LogP contribution in [0.25, 0.3) is 0 Å². The maximum Gasteiger partial charge on any atom is 0.322 e. The maximum atomic E-state index is 12.4. The Labute approximate surface area is 225 Å². The number of carbonyl (C=O) groups excluding carboxylic acids is 2. The van der Waals surface area contributed by atoms with Crippen LogP contribution < -0.4 is 0 Å². The molecule has 0 saturated heterocycles. The lowest BCUT2D eigenvalue weighted by Gasteiger charge is -2.20. The van der Waals surface area contributed by atoms with Gasteiger partial charge in [0.2, 0.25) is 0 Å². The summed E-state index contributed by atoms with van der Waals surface area (Å²) in [4.78, 5) is 24.8. The van der Waals surface area contributed by atoms with Crippen LogP contribution in [0, 0.1) is 5.41 Å². The van der Waals surface area contributed by atoms with E-state index in [1.165, 1.54) is 122 Å². The van der Waals surface area contributed by atoms with E-state index in [1.807, 2.05) is 0 Å². The van der Waals surface area contributed by atoms with Crippen molar-refractivity contribution in [2.45, 2.75) is 175 Å². The highest BCUT2D eigenvalue weighted by atomic mass is 16.6. The maximum absolute atomic E-state index is 12.4. The van der Waals surface area contributed by atoms with E-state index in [0.717, 1.165) is 25.7 Å². The van der Waals surface area contributed by atoms with E-state index < -0.39 is 17.4 Å². The summed E-state index contributed by atoms with van der Waals surface area (Å²) in [6, 6.07) is 0. The van der Waals surface area contributed by atoms with Crippen LogP contribution in [0.4, 0.5) is 0 Å². The molecule has 0 radical (unpaired) electrons. The molecule has 0 saturated carbocycles. The first-order valence-electron chi connectivity index (χ1n) is 15.8. The molecule has 36 heavy (non-hydrogen) atoms. The Morgan fingerprint density at radius 1 is 0.417 bits per heavy atom. The molecular formula is C32H62O4. The van der Waals surface area contributed by atoms with Gasteiger partial charge in [-0.15, -0.1) is 0 Å². The molecule has 0 rings (SSSR count). The topological polar surface area (TPSA) is 52.6 Å². The Morgan fingerprint density at radius 3 is 0.889 bits per heavy atom. The second-order valence-electron chi connectivity index (χ2n) is 11.3. The van der Waals surface area contributed by atoms with Gasteiger partial charge in [0, 0.05) is 0 Å². The van der Waals surface area contributed by atoms with Crippen molar-refractivity contribution in [3.63, 3.8) is 0 Å². The molecule has 0 aliphatic heterocycles. The molecule has 0 aliphatic rings. The van der Waals surface area contributed by atoms with Crippen molar-refractivity contribution in [2.75, 3.05) is 13.2 Å². The summed E-state index contributed by atoms with van der Waals surface area (Å²) in [6.07, 6.45) is 29.2. The van der Waals surface area contributed by atoms with E-state index in [0.29, 0.717) is 13.2 Å². The van der Waals surface area contributed by atoms with Crippen LogP contribution in [0.5, 0.6) is 0 Å². The summed E-state index contributed by atoms with van der Waals surface area (Å²) < 4.78 is 10.8. The number of carbonyl (C=O) groups is 2. The Morgan fingerprint density at radius 2 is 0.639 bits per heavy atom. The minimum atomic E-state index is -1.23. The van der Waals surface area contributed by atoms with Crippen molar-refractivity contribution in [3.05, 3.63) is 0 Å². The zero-order chi connectivity index (χ0) is 26.7. The van der Waals surface area contributed by atoms with Crippen molar-refractivity contribution >= 4 is 11.9 Å². The standard InChI is InChI=1S/C32H62O4/c1-5-7-9-11-13-15-16-17-18-19-21-23-25-27-29-36-31(34)32(3,4)30(33)35-28-26-24-22-20-14-12-10-8-6-2/h5-29H2,1-4H3. The van der Waals surface area contributed by atoms with Crippen molar-refractivity contribution < 1.29 is 19.1 Å². The molecule has 0 N–H and O–H groups in total. The molecular weight excluding hydrogens is 448 g/mol. The average Bonchev–Trinajstić information content (AvgIpc) is 2.87. The summed E-state index contributed by atoms with van der Waals surface area (Å²) in [5.41, 5.74) is -1.23. The highest BCUT2D eigenvalue weighted by molar-refractivity contribution is 5.99. The van der Waals surface area contributed by atoms with Crippen LogP contribution in [0.3, 0.4) is 0 Å². The first kappa shape index (κ1) is 34.9. The van der Waals surface area contributed by atoms with Crippen LogP contribution in [-0.2, 0) is 19.1 Å². The van der Waals surface area contributed by atoms with Gasteiger partial charge in [-0.1, -0.05) is 149 Å². The van der Waals surface area contributed by atoms with Crippen LogP contribution in [0.1, 0.15) is 175 Å². The second-order valence-corrected chi connectivity index (χ2v) is 11.3. The van der Waals surface area contributed by atoms with E-state index >= 15 is 0 Å². The second kappa shape index (κ2) is 25.6. The van der Waals surface area contributed by atoms with Gasteiger partial charge in [-0.05, 0) is 26.7 Å². The zero-order valence-corrected chi connectivity index (χ0v) is 24.8.